The van der Waals surface area contributed by atoms with E-state index < -0.39 is 0 Å². The average Bonchev–Trinajstić information content (AvgIpc) is 2.81. The van der Waals surface area contributed by atoms with Gasteiger partial charge in [0.15, 0.2) is 0 Å². The summed E-state index contributed by atoms with van der Waals surface area (Å²) in [6.45, 7) is 4.90. The first-order chi connectivity index (χ1) is 14.8. The van der Waals surface area contributed by atoms with Crippen molar-refractivity contribution in [1.82, 2.24) is 4.90 Å². The quantitative estimate of drug-likeness (QED) is 0.510. The summed E-state index contributed by atoms with van der Waals surface area (Å²) in [6.07, 6.45) is 0. The highest BCUT2D eigenvalue weighted by Gasteiger charge is 2.26. The summed E-state index contributed by atoms with van der Waals surface area (Å²) in [6, 6.07) is 28.1. The van der Waals surface area contributed by atoms with Gasteiger partial charge in [-0.05, 0) is 36.4 Å². The molecule has 4 rings (SSSR count). The number of rotatable bonds is 8. The highest BCUT2D eigenvalue weighted by molar-refractivity contribution is 6.33. The van der Waals surface area contributed by atoms with Crippen molar-refractivity contribution in [2.75, 3.05) is 44.3 Å². The molecular weight excluding hydrogens is 396 g/mol. The van der Waals surface area contributed by atoms with E-state index in [0.717, 1.165) is 48.4 Å². The number of hydrogen-bond acceptors (Lipinski definition) is 4. The third kappa shape index (κ3) is 5.47. The molecule has 1 saturated heterocycles. The van der Waals surface area contributed by atoms with Gasteiger partial charge >= 0.3 is 0 Å². The second-order valence-electron chi connectivity index (χ2n) is 7.38. The van der Waals surface area contributed by atoms with Crippen LogP contribution in [-0.2, 0) is 0 Å². The van der Waals surface area contributed by atoms with Crippen molar-refractivity contribution in [3.05, 3.63) is 90.0 Å². The Kier molecular flexibility index (Phi) is 7.11. The van der Waals surface area contributed by atoms with Crippen molar-refractivity contribution < 1.29 is 9.47 Å². The molecule has 0 spiro atoms. The fourth-order valence-electron chi connectivity index (χ4n) is 3.71. The molecule has 0 N–H and O–H groups in total. The van der Waals surface area contributed by atoms with Gasteiger partial charge in [-0.1, -0.05) is 60.1 Å². The SMILES string of the molecule is Clc1ccccc1N1CCN(C(COc2ccccc2)COc2ccccc2)CC1. The van der Waals surface area contributed by atoms with Gasteiger partial charge in [0, 0.05) is 26.2 Å². The first-order valence-corrected chi connectivity index (χ1v) is 10.8. The minimum absolute atomic E-state index is 0.166. The number of halogens is 1. The summed E-state index contributed by atoms with van der Waals surface area (Å²) < 4.78 is 12.2. The molecule has 1 aliphatic heterocycles. The Labute approximate surface area is 183 Å². The van der Waals surface area contributed by atoms with E-state index >= 15 is 0 Å². The lowest BCUT2D eigenvalue weighted by Gasteiger charge is -2.40. The van der Waals surface area contributed by atoms with Gasteiger partial charge in [0.25, 0.3) is 0 Å². The van der Waals surface area contributed by atoms with Crippen LogP contribution in [0.5, 0.6) is 11.5 Å². The standard InChI is InChI=1S/C25H27ClN2O2/c26-24-13-7-8-14-25(24)28-17-15-27(16-18-28)21(19-29-22-9-3-1-4-10-22)20-30-23-11-5-2-6-12-23/h1-14,21H,15-20H2. The Hall–Kier alpha value is -2.69. The fraction of sp³-hybridized carbons (Fsp3) is 0.280. The summed E-state index contributed by atoms with van der Waals surface area (Å²) in [5.74, 6) is 1.77. The number of nitrogens with zero attached hydrogens (tertiary/aromatic N) is 2. The second-order valence-corrected chi connectivity index (χ2v) is 7.78. The van der Waals surface area contributed by atoms with E-state index in [1.54, 1.807) is 0 Å². The van der Waals surface area contributed by atoms with Crippen LogP contribution < -0.4 is 14.4 Å². The van der Waals surface area contributed by atoms with Crippen molar-refractivity contribution >= 4 is 17.3 Å². The molecule has 3 aromatic carbocycles. The van der Waals surface area contributed by atoms with E-state index in [1.807, 2.05) is 78.9 Å². The average molecular weight is 423 g/mol. The number of anilines is 1. The summed E-state index contributed by atoms with van der Waals surface area (Å²) in [7, 11) is 0. The monoisotopic (exact) mass is 422 g/mol. The molecule has 0 saturated carbocycles. The lowest BCUT2D eigenvalue weighted by molar-refractivity contribution is 0.0864. The maximum atomic E-state index is 6.40. The van der Waals surface area contributed by atoms with Crippen LogP contribution in [0.15, 0.2) is 84.9 Å². The van der Waals surface area contributed by atoms with Gasteiger partial charge in [0.1, 0.15) is 24.7 Å². The van der Waals surface area contributed by atoms with Crippen molar-refractivity contribution in [3.8, 4) is 11.5 Å². The Morgan fingerprint density at radius 1 is 0.667 bits per heavy atom. The van der Waals surface area contributed by atoms with Crippen LogP contribution in [0.1, 0.15) is 0 Å². The third-order valence-corrected chi connectivity index (χ3v) is 5.71. The van der Waals surface area contributed by atoms with Gasteiger partial charge in [-0.3, -0.25) is 4.90 Å². The van der Waals surface area contributed by atoms with Crippen molar-refractivity contribution in [1.29, 1.82) is 0 Å². The Balaban J connectivity index is 1.39. The molecule has 0 amide bonds. The van der Waals surface area contributed by atoms with Crippen LogP contribution in [0.4, 0.5) is 5.69 Å². The summed E-state index contributed by atoms with van der Waals surface area (Å²) in [5.41, 5.74) is 1.11. The van der Waals surface area contributed by atoms with E-state index in [4.69, 9.17) is 21.1 Å². The Morgan fingerprint density at radius 3 is 1.70 bits per heavy atom. The van der Waals surface area contributed by atoms with Crippen LogP contribution in [0.2, 0.25) is 5.02 Å². The number of para-hydroxylation sites is 3. The van der Waals surface area contributed by atoms with Crippen LogP contribution in [0.3, 0.4) is 0 Å². The maximum Gasteiger partial charge on any atom is 0.119 e. The molecule has 5 heteroatoms. The molecule has 30 heavy (non-hydrogen) atoms. The predicted molar refractivity (Wildman–Crippen MR) is 123 cm³/mol. The highest BCUT2D eigenvalue weighted by atomic mass is 35.5. The normalized spacial score (nSPS) is 14.7. The number of ether oxygens (including phenoxy) is 2. The van der Waals surface area contributed by atoms with Crippen molar-refractivity contribution in [2.24, 2.45) is 0 Å². The van der Waals surface area contributed by atoms with Gasteiger partial charge < -0.3 is 14.4 Å². The predicted octanol–water partition coefficient (Wildman–Crippen LogP) is 4.99. The topological polar surface area (TPSA) is 24.9 Å². The minimum Gasteiger partial charge on any atom is -0.492 e. The van der Waals surface area contributed by atoms with Crippen molar-refractivity contribution in [2.45, 2.75) is 6.04 Å². The smallest absolute Gasteiger partial charge is 0.119 e. The largest absolute Gasteiger partial charge is 0.492 e. The van der Waals surface area contributed by atoms with E-state index in [0.29, 0.717) is 13.2 Å². The van der Waals surface area contributed by atoms with Crippen LogP contribution in [0, 0.1) is 0 Å². The molecule has 0 aliphatic carbocycles. The lowest BCUT2D eigenvalue weighted by atomic mass is 10.2. The molecule has 0 unspecified atom stereocenters. The number of benzene rings is 3. The van der Waals surface area contributed by atoms with Gasteiger partial charge in [-0.15, -0.1) is 0 Å². The Morgan fingerprint density at radius 2 is 1.17 bits per heavy atom. The summed E-state index contributed by atoms with van der Waals surface area (Å²) >= 11 is 6.40. The zero-order valence-electron chi connectivity index (χ0n) is 17.0. The molecule has 0 atom stereocenters. The zero-order chi connectivity index (χ0) is 20.6. The molecule has 0 bridgehead atoms. The van der Waals surface area contributed by atoms with E-state index in [-0.39, 0.29) is 6.04 Å². The molecule has 1 fully saturated rings. The fourth-order valence-corrected chi connectivity index (χ4v) is 3.97. The molecule has 3 aromatic rings. The second kappa shape index (κ2) is 10.4. The highest BCUT2D eigenvalue weighted by Crippen LogP contribution is 2.26. The van der Waals surface area contributed by atoms with Crippen LogP contribution in [-0.4, -0.2) is 50.3 Å². The molecular formula is C25H27ClN2O2. The van der Waals surface area contributed by atoms with Gasteiger partial charge in [0.2, 0.25) is 0 Å². The summed E-state index contributed by atoms with van der Waals surface area (Å²) in [4.78, 5) is 4.81. The maximum absolute atomic E-state index is 6.40. The third-order valence-electron chi connectivity index (χ3n) is 5.39. The van der Waals surface area contributed by atoms with Crippen LogP contribution in [0.25, 0.3) is 0 Å². The zero-order valence-corrected chi connectivity index (χ0v) is 17.7. The molecule has 0 radical (unpaired) electrons. The number of hydrogen-bond donors (Lipinski definition) is 0. The Bertz CT molecular complexity index is 856. The molecule has 4 nitrogen and oxygen atoms in total. The summed E-state index contributed by atoms with van der Waals surface area (Å²) in [5, 5.41) is 0.808. The lowest BCUT2D eigenvalue weighted by Crippen LogP contribution is -2.53. The van der Waals surface area contributed by atoms with Gasteiger partial charge in [0.05, 0.1) is 16.8 Å². The first-order valence-electron chi connectivity index (χ1n) is 10.4. The molecule has 1 heterocycles. The molecule has 1 aliphatic rings. The number of piperazine rings is 1. The molecule has 0 aromatic heterocycles. The first kappa shape index (κ1) is 20.6. The van der Waals surface area contributed by atoms with E-state index in [1.165, 1.54) is 0 Å². The van der Waals surface area contributed by atoms with Crippen molar-refractivity contribution in [3.63, 3.8) is 0 Å². The van der Waals surface area contributed by atoms with Gasteiger partial charge in [-0.2, -0.15) is 0 Å². The van der Waals surface area contributed by atoms with Gasteiger partial charge in [-0.25, -0.2) is 0 Å². The molecule has 156 valence electrons. The van der Waals surface area contributed by atoms with E-state index in [2.05, 4.69) is 15.9 Å². The van der Waals surface area contributed by atoms with Crippen LogP contribution >= 0.6 is 11.6 Å². The van der Waals surface area contributed by atoms with E-state index in [9.17, 15) is 0 Å². The minimum atomic E-state index is 0.166.